The Kier molecular flexibility index (Phi) is 4.85. The van der Waals surface area contributed by atoms with Gasteiger partial charge in [-0.15, -0.1) is 0 Å². The van der Waals surface area contributed by atoms with E-state index < -0.39 is 5.56 Å². The summed E-state index contributed by atoms with van der Waals surface area (Å²) < 4.78 is 6.80. The molecule has 0 atom stereocenters. The fraction of sp³-hybridized carbons (Fsp3) is 0.143. The van der Waals surface area contributed by atoms with Gasteiger partial charge in [-0.2, -0.15) is 14.6 Å². The number of ether oxygens (including phenoxy) is 1. The van der Waals surface area contributed by atoms with Crippen LogP contribution in [0.5, 0.6) is 0 Å². The number of carbonyl (C=O) groups is 1. The van der Waals surface area contributed by atoms with E-state index in [-0.39, 0.29) is 22.9 Å². The third kappa shape index (κ3) is 3.62. The van der Waals surface area contributed by atoms with Crippen LogP contribution in [0.25, 0.3) is 21.6 Å². The molecule has 1 aliphatic carbocycles. The van der Waals surface area contributed by atoms with Crippen molar-refractivity contribution in [1.82, 2.24) is 14.6 Å². The molecule has 146 valence electrons. The highest BCUT2D eigenvalue weighted by Crippen LogP contribution is 2.27. The van der Waals surface area contributed by atoms with Crippen molar-refractivity contribution in [2.75, 3.05) is 12.3 Å². The Balaban J connectivity index is 1.80. The van der Waals surface area contributed by atoms with E-state index >= 15 is 0 Å². The molecule has 29 heavy (non-hydrogen) atoms. The van der Waals surface area contributed by atoms with Crippen molar-refractivity contribution in [3.63, 3.8) is 0 Å². The highest BCUT2D eigenvalue weighted by atomic mass is 32.1. The predicted molar refractivity (Wildman–Crippen MR) is 114 cm³/mol. The molecule has 8 heteroatoms. The van der Waals surface area contributed by atoms with Gasteiger partial charge in [-0.05, 0) is 37.6 Å². The normalized spacial score (nSPS) is 15.2. The molecule has 1 aliphatic rings. The quantitative estimate of drug-likeness (QED) is 0.714. The highest BCUT2D eigenvalue weighted by Gasteiger charge is 2.16. The van der Waals surface area contributed by atoms with Gasteiger partial charge in [0.2, 0.25) is 10.7 Å². The average Bonchev–Trinajstić information content (AvgIpc) is 3.12. The van der Waals surface area contributed by atoms with Crippen molar-refractivity contribution in [1.29, 1.82) is 0 Å². The second-order valence-corrected chi connectivity index (χ2v) is 7.42. The molecule has 0 bridgehead atoms. The summed E-state index contributed by atoms with van der Waals surface area (Å²) in [4.78, 5) is 29.0. The zero-order chi connectivity index (χ0) is 20.5. The first-order chi connectivity index (χ1) is 14.0. The van der Waals surface area contributed by atoms with Crippen molar-refractivity contribution in [3.8, 4) is 10.6 Å². The molecule has 1 aromatic carbocycles. The summed E-state index contributed by atoms with van der Waals surface area (Å²) in [5.74, 6) is 0.201. The molecular formula is C21H18N4O3S. The number of carbonyl (C=O) groups excluding carboxylic acids is 1. The first-order valence-corrected chi connectivity index (χ1v) is 9.83. The fourth-order valence-corrected chi connectivity index (χ4v) is 3.78. The molecule has 0 amide bonds. The van der Waals surface area contributed by atoms with Gasteiger partial charge in [0.05, 0.1) is 12.2 Å². The van der Waals surface area contributed by atoms with E-state index in [1.165, 1.54) is 21.9 Å². The summed E-state index contributed by atoms with van der Waals surface area (Å²) in [5.41, 5.74) is 8.70. The largest absolute Gasteiger partial charge is 0.490 e. The molecule has 0 saturated heterocycles. The summed E-state index contributed by atoms with van der Waals surface area (Å²) in [7, 11) is 0. The molecule has 7 nitrogen and oxygen atoms in total. The van der Waals surface area contributed by atoms with Gasteiger partial charge in [-0.3, -0.25) is 9.59 Å². The average molecular weight is 406 g/mol. The number of hydrogen-bond donors (Lipinski definition) is 1. The molecule has 2 aromatic heterocycles. The van der Waals surface area contributed by atoms with Crippen LogP contribution in [0.3, 0.4) is 0 Å². The SMILES string of the molecule is CCOC1=CC(=Cc2c(N)n3nc(-c4ccc(C)cc4)sc3nc2=O)C=CC1=O. The lowest BCUT2D eigenvalue weighted by Gasteiger charge is -2.10. The molecule has 0 radical (unpaired) electrons. The van der Waals surface area contributed by atoms with Gasteiger partial charge in [0.25, 0.3) is 5.56 Å². The number of ketones is 1. The summed E-state index contributed by atoms with van der Waals surface area (Å²) >= 11 is 1.30. The maximum Gasteiger partial charge on any atom is 0.283 e. The molecular weight excluding hydrogens is 388 g/mol. The molecule has 0 fully saturated rings. The second kappa shape index (κ2) is 7.48. The number of aromatic nitrogens is 3. The van der Waals surface area contributed by atoms with Crippen LogP contribution in [0.2, 0.25) is 0 Å². The minimum Gasteiger partial charge on any atom is -0.490 e. The van der Waals surface area contributed by atoms with Crippen molar-refractivity contribution >= 4 is 34.0 Å². The van der Waals surface area contributed by atoms with Crippen molar-refractivity contribution in [2.24, 2.45) is 0 Å². The topological polar surface area (TPSA) is 99.6 Å². The summed E-state index contributed by atoms with van der Waals surface area (Å²) in [5, 5.41) is 5.25. The number of fused-ring (bicyclic) bond motifs is 1. The number of aryl methyl sites for hydroxylation is 1. The van der Waals surface area contributed by atoms with E-state index in [1.54, 1.807) is 25.2 Å². The lowest BCUT2D eigenvalue weighted by Crippen LogP contribution is -2.17. The van der Waals surface area contributed by atoms with Crippen LogP contribution in [0.1, 0.15) is 18.1 Å². The van der Waals surface area contributed by atoms with Crippen LogP contribution in [-0.2, 0) is 9.53 Å². The first kappa shape index (κ1) is 18.8. The van der Waals surface area contributed by atoms with Gasteiger partial charge in [-0.25, -0.2) is 0 Å². The van der Waals surface area contributed by atoms with E-state index in [4.69, 9.17) is 10.5 Å². The standard InChI is InChI=1S/C21H18N4O3S/c1-3-28-17-11-13(6-9-16(17)26)10-15-18(22)25-21(23-19(15)27)29-20(24-25)14-7-4-12(2)5-8-14/h4-11H,3,22H2,1-2H3. The number of nitrogens with zero attached hydrogens (tertiary/aromatic N) is 3. The van der Waals surface area contributed by atoms with Crippen LogP contribution in [0, 0.1) is 6.92 Å². The van der Waals surface area contributed by atoms with E-state index in [0.29, 0.717) is 17.1 Å². The van der Waals surface area contributed by atoms with Crippen LogP contribution >= 0.6 is 11.3 Å². The third-order valence-corrected chi connectivity index (χ3v) is 5.33. The van der Waals surface area contributed by atoms with Crippen LogP contribution in [-0.4, -0.2) is 27.0 Å². The molecule has 2 N–H and O–H groups in total. The van der Waals surface area contributed by atoms with Crippen molar-refractivity contribution in [3.05, 3.63) is 75.3 Å². The monoisotopic (exact) mass is 406 g/mol. The van der Waals surface area contributed by atoms with E-state index in [0.717, 1.165) is 16.1 Å². The number of rotatable bonds is 4. The molecule has 3 aromatic rings. The van der Waals surface area contributed by atoms with E-state index in [2.05, 4.69) is 10.1 Å². The minimum atomic E-state index is -0.453. The van der Waals surface area contributed by atoms with Crippen molar-refractivity contribution < 1.29 is 9.53 Å². The van der Waals surface area contributed by atoms with Gasteiger partial charge < -0.3 is 10.5 Å². The zero-order valence-corrected chi connectivity index (χ0v) is 16.7. The molecule has 0 spiro atoms. The summed E-state index contributed by atoms with van der Waals surface area (Å²) in [6.45, 7) is 4.18. The molecule has 0 aliphatic heterocycles. The maximum absolute atomic E-state index is 12.6. The lowest BCUT2D eigenvalue weighted by molar-refractivity contribution is -0.114. The van der Waals surface area contributed by atoms with Gasteiger partial charge in [0.15, 0.2) is 5.76 Å². The maximum atomic E-state index is 12.6. The molecule has 0 unspecified atom stereocenters. The summed E-state index contributed by atoms with van der Waals surface area (Å²) in [6, 6.07) is 7.93. The number of allylic oxidation sites excluding steroid dienone is 4. The zero-order valence-electron chi connectivity index (χ0n) is 15.9. The number of nitrogen functional groups attached to an aromatic ring is 1. The third-order valence-electron chi connectivity index (χ3n) is 4.37. The summed E-state index contributed by atoms with van der Waals surface area (Å²) in [6.07, 6.45) is 6.18. The number of hydrogen-bond acceptors (Lipinski definition) is 7. The lowest BCUT2D eigenvalue weighted by atomic mass is 10.0. The Bertz CT molecular complexity index is 1260. The minimum absolute atomic E-state index is 0.193. The molecule has 2 heterocycles. The molecule has 0 saturated carbocycles. The van der Waals surface area contributed by atoms with Gasteiger partial charge in [0.1, 0.15) is 10.8 Å². The second-order valence-electron chi connectivity index (χ2n) is 6.47. The van der Waals surface area contributed by atoms with Crippen LogP contribution in [0.15, 0.2) is 58.6 Å². The highest BCUT2D eigenvalue weighted by molar-refractivity contribution is 7.19. The smallest absolute Gasteiger partial charge is 0.283 e. The fourth-order valence-electron chi connectivity index (χ4n) is 2.88. The van der Waals surface area contributed by atoms with Gasteiger partial charge >= 0.3 is 0 Å². The Morgan fingerprint density at radius 1 is 1.21 bits per heavy atom. The Labute approximate surface area is 170 Å². The number of nitrogens with two attached hydrogens (primary N) is 1. The number of anilines is 1. The van der Waals surface area contributed by atoms with Gasteiger partial charge in [0, 0.05) is 5.56 Å². The van der Waals surface area contributed by atoms with Crippen LogP contribution < -0.4 is 11.3 Å². The van der Waals surface area contributed by atoms with Gasteiger partial charge in [-0.1, -0.05) is 47.2 Å². The first-order valence-electron chi connectivity index (χ1n) is 9.01. The predicted octanol–water partition coefficient (Wildman–Crippen LogP) is 3.15. The number of benzene rings is 1. The molecule has 4 rings (SSSR count). The van der Waals surface area contributed by atoms with Crippen LogP contribution in [0.4, 0.5) is 5.82 Å². The van der Waals surface area contributed by atoms with Crippen molar-refractivity contribution in [2.45, 2.75) is 13.8 Å². The van der Waals surface area contributed by atoms with E-state index in [1.807, 2.05) is 31.2 Å². The Morgan fingerprint density at radius 2 is 1.97 bits per heavy atom. The Morgan fingerprint density at radius 3 is 2.69 bits per heavy atom. The Hall–Kier alpha value is -3.52. The van der Waals surface area contributed by atoms with E-state index in [9.17, 15) is 9.59 Å².